The van der Waals surface area contributed by atoms with Gasteiger partial charge in [-0.3, -0.25) is 4.98 Å². The molecule has 96 valence electrons. The molecule has 0 aromatic carbocycles. The smallest absolute Gasteiger partial charge is 0.0807 e. The van der Waals surface area contributed by atoms with Gasteiger partial charge in [-0.25, -0.2) is 0 Å². The number of aromatic nitrogens is 1. The second-order valence-corrected chi connectivity index (χ2v) is 10.5. The standard InChI is InChI=1S/C15H27NSi/c1-4-5-6-7-8-9-14-17(2,3)15-10-12-16-13-11-15/h10-13H,4-9,14H2,1-3H3. The fourth-order valence-corrected chi connectivity index (χ4v) is 4.77. The van der Waals surface area contributed by atoms with E-state index in [1.807, 2.05) is 12.4 Å². The lowest BCUT2D eigenvalue weighted by molar-refractivity contribution is 0.623. The molecule has 0 bridgehead atoms. The first-order valence-corrected chi connectivity index (χ1v) is 10.3. The Morgan fingerprint density at radius 1 is 0.941 bits per heavy atom. The van der Waals surface area contributed by atoms with Crippen molar-refractivity contribution in [2.24, 2.45) is 0 Å². The van der Waals surface area contributed by atoms with Crippen LogP contribution in [0.25, 0.3) is 0 Å². The van der Waals surface area contributed by atoms with Crippen LogP contribution in [0.4, 0.5) is 0 Å². The van der Waals surface area contributed by atoms with Crippen LogP contribution in [0.15, 0.2) is 24.5 Å². The minimum absolute atomic E-state index is 1.19. The average molecular weight is 249 g/mol. The van der Waals surface area contributed by atoms with Crippen molar-refractivity contribution in [1.82, 2.24) is 4.98 Å². The molecule has 0 aliphatic heterocycles. The molecule has 0 unspecified atom stereocenters. The van der Waals surface area contributed by atoms with Crippen molar-refractivity contribution in [2.45, 2.75) is 64.6 Å². The van der Waals surface area contributed by atoms with Gasteiger partial charge < -0.3 is 0 Å². The lowest BCUT2D eigenvalue weighted by atomic mass is 10.1. The minimum Gasteiger partial charge on any atom is -0.265 e. The van der Waals surface area contributed by atoms with Crippen LogP contribution in [0.3, 0.4) is 0 Å². The lowest BCUT2D eigenvalue weighted by Gasteiger charge is -2.22. The van der Waals surface area contributed by atoms with Gasteiger partial charge in [-0.15, -0.1) is 0 Å². The molecular formula is C15H27NSi. The van der Waals surface area contributed by atoms with Crippen molar-refractivity contribution in [3.05, 3.63) is 24.5 Å². The summed E-state index contributed by atoms with van der Waals surface area (Å²) in [6, 6.07) is 5.84. The van der Waals surface area contributed by atoms with E-state index in [0.717, 1.165) is 0 Å². The fraction of sp³-hybridized carbons (Fsp3) is 0.667. The van der Waals surface area contributed by atoms with Crippen molar-refractivity contribution in [1.29, 1.82) is 0 Å². The van der Waals surface area contributed by atoms with Crippen molar-refractivity contribution in [2.75, 3.05) is 0 Å². The van der Waals surface area contributed by atoms with Gasteiger partial charge in [0.15, 0.2) is 0 Å². The highest BCUT2D eigenvalue weighted by atomic mass is 28.3. The van der Waals surface area contributed by atoms with E-state index in [1.165, 1.54) is 44.6 Å². The molecule has 1 aromatic rings. The normalized spacial score (nSPS) is 11.7. The number of pyridine rings is 1. The molecule has 0 spiro atoms. The quantitative estimate of drug-likeness (QED) is 0.493. The van der Waals surface area contributed by atoms with Crippen LogP contribution < -0.4 is 5.19 Å². The SMILES string of the molecule is CCCCCCCC[Si](C)(C)c1ccncc1. The number of nitrogens with zero attached hydrogens (tertiary/aromatic N) is 1. The topological polar surface area (TPSA) is 12.9 Å². The largest absolute Gasteiger partial charge is 0.265 e. The summed E-state index contributed by atoms with van der Waals surface area (Å²) in [6.07, 6.45) is 12.3. The van der Waals surface area contributed by atoms with E-state index in [2.05, 4.69) is 37.1 Å². The third kappa shape index (κ3) is 5.49. The van der Waals surface area contributed by atoms with Crippen LogP contribution in [0.1, 0.15) is 45.4 Å². The van der Waals surface area contributed by atoms with E-state index < -0.39 is 8.07 Å². The minimum atomic E-state index is -1.19. The molecule has 0 atom stereocenters. The lowest BCUT2D eigenvalue weighted by Crippen LogP contribution is -2.40. The Hall–Kier alpha value is -0.633. The Morgan fingerprint density at radius 2 is 1.53 bits per heavy atom. The summed E-state index contributed by atoms with van der Waals surface area (Å²) < 4.78 is 0. The van der Waals surface area contributed by atoms with Gasteiger partial charge in [0.25, 0.3) is 0 Å². The summed E-state index contributed by atoms with van der Waals surface area (Å²) >= 11 is 0. The van der Waals surface area contributed by atoms with Crippen LogP contribution in [-0.2, 0) is 0 Å². The first-order chi connectivity index (χ1) is 8.17. The number of rotatable bonds is 8. The summed E-state index contributed by atoms with van der Waals surface area (Å²) in [5.74, 6) is 0. The van der Waals surface area contributed by atoms with E-state index >= 15 is 0 Å². The van der Waals surface area contributed by atoms with Gasteiger partial charge in [-0.05, 0) is 12.1 Å². The molecule has 0 fully saturated rings. The zero-order valence-electron chi connectivity index (χ0n) is 11.7. The number of hydrogen-bond acceptors (Lipinski definition) is 1. The molecule has 0 N–H and O–H groups in total. The van der Waals surface area contributed by atoms with Crippen LogP contribution >= 0.6 is 0 Å². The maximum absolute atomic E-state index is 4.11. The number of hydrogen-bond donors (Lipinski definition) is 0. The summed E-state index contributed by atoms with van der Waals surface area (Å²) in [5, 5.41) is 1.56. The van der Waals surface area contributed by atoms with Crippen LogP contribution in [0.5, 0.6) is 0 Å². The van der Waals surface area contributed by atoms with Crippen molar-refractivity contribution in [3.8, 4) is 0 Å². The molecule has 17 heavy (non-hydrogen) atoms. The Labute approximate surface area is 108 Å². The average Bonchev–Trinajstić information content (AvgIpc) is 2.35. The van der Waals surface area contributed by atoms with Gasteiger partial charge >= 0.3 is 0 Å². The highest BCUT2D eigenvalue weighted by Crippen LogP contribution is 2.16. The number of unbranched alkanes of at least 4 members (excludes halogenated alkanes) is 5. The molecule has 0 radical (unpaired) electrons. The maximum Gasteiger partial charge on any atom is 0.0807 e. The molecule has 0 amide bonds. The summed E-state index contributed by atoms with van der Waals surface area (Å²) in [5.41, 5.74) is 0. The van der Waals surface area contributed by atoms with Crippen molar-refractivity contribution in [3.63, 3.8) is 0 Å². The Morgan fingerprint density at radius 3 is 2.18 bits per heavy atom. The van der Waals surface area contributed by atoms with E-state index in [0.29, 0.717) is 0 Å². The van der Waals surface area contributed by atoms with E-state index in [-0.39, 0.29) is 0 Å². The Kier molecular flexibility index (Phi) is 6.49. The van der Waals surface area contributed by atoms with Crippen LogP contribution in [0, 0.1) is 0 Å². The van der Waals surface area contributed by atoms with Crippen LogP contribution in [0.2, 0.25) is 19.1 Å². The molecule has 0 aliphatic carbocycles. The molecule has 2 heteroatoms. The first kappa shape index (κ1) is 14.4. The predicted molar refractivity (Wildman–Crippen MR) is 79.5 cm³/mol. The van der Waals surface area contributed by atoms with E-state index in [1.54, 1.807) is 5.19 Å². The summed E-state index contributed by atoms with van der Waals surface area (Å²) in [4.78, 5) is 4.11. The summed E-state index contributed by atoms with van der Waals surface area (Å²) in [7, 11) is -1.19. The third-order valence-corrected chi connectivity index (χ3v) is 7.12. The molecular weight excluding hydrogens is 222 g/mol. The van der Waals surface area contributed by atoms with Gasteiger partial charge in [0.1, 0.15) is 0 Å². The molecule has 1 aromatic heterocycles. The molecule has 1 nitrogen and oxygen atoms in total. The monoisotopic (exact) mass is 249 g/mol. The third-order valence-electron chi connectivity index (χ3n) is 3.62. The summed E-state index contributed by atoms with van der Waals surface area (Å²) in [6.45, 7) is 7.24. The fourth-order valence-electron chi connectivity index (χ4n) is 2.29. The van der Waals surface area contributed by atoms with Gasteiger partial charge in [-0.1, -0.05) is 69.8 Å². The van der Waals surface area contributed by atoms with E-state index in [4.69, 9.17) is 0 Å². The van der Waals surface area contributed by atoms with Crippen molar-refractivity contribution < 1.29 is 0 Å². The maximum atomic E-state index is 4.11. The van der Waals surface area contributed by atoms with Gasteiger partial charge in [-0.2, -0.15) is 0 Å². The van der Waals surface area contributed by atoms with Gasteiger partial charge in [0, 0.05) is 12.4 Å². The Balaban J connectivity index is 2.26. The highest BCUT2D eigenvalue weighted by molar-refractivity contribution is 6.89. The highest BCUT2D eigenvalue weighted by Gasteiger charge is 2.22. The Bertz CT molecular complexity index is 295. The van der Waals surface area contributed by atoms with Crippen molar-refractivity contribution >= 4 is 13.3 Å². The predicted octanol–water partition coefficient (Wildman–Crippen LogP) is 4.36. The van der Waals surface area contributed by atoms with Crippen LogP contribution in [-0.4, -0.2) is 13.1 Å². The van der Waals surface area contributed by atoms with E-state index in [9.17, 15) is 0 Å². The molecule has 0 saturated heterocycles. The second-order valence-electron chi connectivity index (χ2n) is 5.64. The molecule has 0 aliphatic rings. The molecule has 1 heterocycles. The first-order valence-electron chi connectivity index (χ1n) is 7.07. The zero-order chi connectivity index (χ0) is 12.6. The second kappa shape index (κ2) is 7.65. The van der Waals surface area contributed by atoms with Gasteiger partial charge in [0.2, 0.25) is 0 Å². The zero-order valence-corrected chi connectivity index (χ0v) is 12.7. The molecule has 0 saturated carbocycles. The van der Waals surface area contributed by atoms with Gasteiger partial charge in [0.05, 0.1) is 8.07 Å². The molecule has 1 rings (SSSR count).